The van der Waals surface area contributed by atoms with E-state index in [4.69, 9.17) is 16.3 Å². The van der Waals surface area contributed by atoms with Crippen molar-refractivity contribution in [2.75, 3.05) is 13.1 Å². The van der Waals surface area contributed by atoms with Crippen LogP contribution in [0.5, 0.6) is 5.75 Å². The maximum atomic E-state index is 13.3. The fraction of sp³-hybridized carbons (Fsp3) is 0.292. The van der Waals surface area contributed by atoms with Crippen molar-refractivity contribution in [3.63, 3.8) is 0 Å². The van der Waals surface area contributed by atoms with Gasteiger partial charge in [0.15, 0.2) is 6.10 Å². The molecule has 1 aromatic carbocycles. The number of likely N-dealkylation sites (tertiary alicyclic amines) is 1. The van der Waals surface area contributed by atoms with Crippen LogP contribution < -0.4 is 4.74 Å². The molecule has 0 bridgehead atoms. The molecule has 1 fully saturated rings. The third-order valence-corrected chi connectivity index (χ3v) is 6.81. The minimum absolute atomic E-state index is 0.0489. The molecule has 162 valence electrons. The van der Waals surface area contributed by atoms with Crippen LogP contribution in [0.3, 0.4) is 0 Å². The number of imidazole rings is 1. The lowest BCUT2D eigenvalue weighted by atomic mass is 9.93. The lowest BCUT2D eigenvalue weighted by molar-refractivity contribution is -0.139. The molecule has 2 N–H and O–H groups in total. The molecule has 4 aromatic rings. The molecule has 0 saturated carbocycles. The van der Waals surface area contributed by atoms with Crippen molar-refractivity contribution in [2.45, 2.75) is 31.3 Å². The topological polar surface area (TPSA) is 86.9 Å². The van der Waals surface area contributed by atoms with Crippen LogP contribution >= 0.6 is 11.6 Å². The fourth-order valence-electron chi connectivity index (χ4n) is 4.96. The van der Waals surface area contributed by atoms with Crippen LogP contribution in [0.4, 0.5) is 0 Å². The number of ether oxygens (including phenoxy) is 1. The summed E-state index contributed by atoms with van der Waals surface area (Å²) in [6.45, 7) is 1.45. The van der Waals surface area contributed by atoms with E-state index in [2.05, 4.69) is 19.9 Å². The number of fused-ring (bicyclic) bond motifs is 2. The zero-order chi connectivity index (χ0) is 21.7. The van der Waals surface area contributed by atoms with Crippen molar-refractivity contribution in [1.82, 2.24) is 24.8 Å². The van der Waals surface area contributed by atoms with Crippen LogP contribution in [-0.4, -0.2) is 49.9 Å². The lowest BCUT2D eigenvalue weighted by Gasteiger charge is -2.32. The number of hydrogen-bond acceptors (Lipinski definition) is 4. The standard InChI is InChI=1S/C24H22ClN5O2/c25-16-9-15-10-21(24(31)30-7-3-14(4-8-30)20-12-26-13-29-20)32-22(15)19(11-16)17-1-5-27-23-18(17)2-6-28-23/h1-2,5-6,9,11-14,21H,3-4,7-8,10H2,(H,26,29)(H,27,28)/t21-/m1/s1. The van der Waals surface area contributed by atoms with Gasteiger partial charge in [-0.05, 0) is 42.7 Å². The summed E-state index contributed by atoms with van der Waals surface area (Å²) in [6.07, 6.45) is 9.08. The minimum atomic E-state index is -0.519. The van der Waals surface area contributed by atoms with Gasteiger partial charge >= 0.3 is 0 Å². The third kappa shape index (κ3) is 3.24. The molecule has 5 heterocycles. The molecule has 1 saturated heterocycles. The number of carbonyl (C=O) groups is 1. The van der Waals surface area contributed by atoms with E-state index in [0.717, 1.165) is 65.1 Å². The molecule has 0 unspecified atom stereocenters. The van der Waals surface area contributed by atoms with Crippen molar-refractivity contribution < 1.29 is 9.53 Å². The van der Waals surface area contributed by atoms with Gasteiger partial charge in [0.05, 0.1) is 6.33 Å². The molecule has 1 atom stereocenters. The van der Waals surface area contributed by atoms with Crippen molar-refractivity contribution in [2.24, 2.45) is 0 Å². The van der Waals surface area contributed by atoms with Gasteiger partial charge in [0.1, 0.15) is 11.4 Å². The Labute approximate surface area is 189 Å². The molecule has 6 rings (SSSR count). The zero-order valence-electron chi connectivity index (χ0n) is 17.3. The summed E-state index contributed by atoms with van der Waals surface area (Å²) in [4.78, 5) is 30.1. The molecular weight excluding hydrogens is 426 g/mol. The predicted molar refractivity (Wildman–Crippen MR) is 122 cm³/mol. The van der Waals surface area contributed by atoms with E-state index in [-0.39, 0.29) is 5.91 Å². The Morgan fingerprint density at radius 1 is 1.16 bits per heavy atom. The number of H-pyrrole nitrogens is 2. The van der Waals surface area contributed by atoms with Crippen LogP contribution in [0.2, 0.25) is 5.02 Å². The number of rotatable bonds is 3. The average Bonchev–Trinajstić information content (AvgIpc) is 3.58. The summed E-state index contributed by atoms with van der Waals surface area (Å²) < 4.78 is 6.29. The number of piperidine rings is 1. The van der Waals surface area contributed by atoms with Crippen molar-refractivity contribution in [3.05, 3.63) is 65.5 Å². The maximum Gasteiger partial charge on any atom is 0.263 e. The molecule has 1 amide bonds. The second kappa shape index (κ2) is 7.67. The van der Waals surface area contributed by atoms with E-state index in [0.29, 0.717) is 17.4 Å². The van der Waals surface area contributed by atoms with Gasteiger partial charge in [0, 0.05) is 71.2 Å². The number of halogens is 1. The Balaban J connectivity index is 1.24. The van der Waals surface area contributed by atoms with Gasteiger partial charge in [-0.25, -0.2) is 9.97 Å². The number of hydrogen-bond donors (Lipinski definition) is 2. The first-order valence-corrected chi connectivity index (χ1v) is 11.2. The van der Waals surface area contributed by atoms with Crippen LogP contribution in [0.25, 0.3) is 22.2 Å². The number of nitrogens with zero attached hydrogens (tertiary/aromatic N) is 3. The molecule has 8 heteroatoms. The third-order valence-electron chi connectivity index (χ3n) is 6.59. The molecular formula is C24H22ClN5O2. The number of amides is 1. The summed E-state index contributed by atoms with van der Waals surface area (Å²) >= 11 is 6.46. The van der Waals surface area contributed by atoms with E-state index in [1.54, 1.807) is 12.5 Å². The monoisotopic (exact) mass is 447 g/mol. The second-order valence-electron chi connectivity index (χ2n) is 8.46. The largest absolute Gasteiger partial charge is 0.479 e. The normalized spacial score (nSPS) is 18.7. The Bertz CT molecular complexity index is 1290. The van der Waals surface area contributed by atoms with Gasteiger partial charge in [-0.15, -0.1) is 0 Å². The molecule has 2 aliphatic rings. The Hall–Kier alpha value is -3.32. The summed E-state index contributed by atoms with van der Waals surface area (Å²) in [6, 6.07) is 7.77. The number of nitrogens with one attached hydrogen (secondary N) is 2. The van der Waals surface area contributed by atoms with Crippen LogP contribution in [-0.2, 0) is 11.2 Å². The molecule has 7 nitrogen and oxygen atoms in total. The van der Waals surface area contributed by atoms with Crippen molar-refractivity contribution >= 4 is 28.5 Å². The minimum Gasteiger partial charge on any atom is -0.479 e. The van der Waals surface area contributed by atoms with E-state index < -0.39 is 6.10 Å². The molecule has 3 aromatic heterocycles. The van der Waals surface area contributed by atoms with Gasteiger partial charge < -0.3 is 19.6 Å². The highest BCUT2D eigenvalue weighted by Gasteiger charge is 2.36. The van der Waals surface area contributed by atoms with Gasteiger partial charge in [0.25, 0.3) is 5.91 Å². The Kier molecular flexibility index (Phi) is 4.64. The van der Waals surface area contributed by atoms with Gasteiger partial charge in [-0.2, -0.15) is 0 Å². The van der Waals surface area contributed by atoms with E-state index >= 15 is 0 Å². The summed E-state index contributed by atoms with van der Waals surface area (Å²) in [5.74, 6) is 1.21. The Morgan fingerprint density at radius 2 is 2.03 bits per heavy atom. The van der Waals surface area contributed by atoms with E-state index in [9.17, 15) is 4.79 Å². The molecule has 32 heavy (non-hydrogen) atoms. The van der Waals surface area contributed by atoms with E-state index in [1.807, 2.05) is 41.6 Å². The number of pyridine rings is 1. The summed E-state index contributed by atoms with van der Waals surface area (Å²) in [7, 11) is 0. The first-order chi connectivity index (χ1) is 15.7. The lowest BCUT2D eigenvalue weighted by Crippen LogP contribution is -2.45. The predicted octanol–water partition coefficient (Wildman–Crippen LogP) is 4.32. The zero-order valence-corrected chi connectivity index (χ0v) is 18.1. The molecule has 2 aliphatic heterocycles. The van der Waals surface area contributed by atoms with Crippen molar-refractivity contribution in [3.8, 4) is 16.9 Å². The van der Waals surface area contributed by atoms with Gasteiger partial charge in [0.2, 0.25) is 0 Å². The molecule has 0 spiro atoms. The van der Waals surface area contributed by atoms with Crippen LogP contribution in [0.1, 0.15) is 30.0 Å². The number of aromatic nitrogens is 4. The smallest absolute Gasteiger partial charge is 0.263 e. The van der Waals surface area contributed by atoms with Crippen molar-refractivity contribution in [1.29, 1.82) is 0 Å². The number of benzene rings is 1. The van der Waals surface area contributed by atoms with Gasteiger partial charge in [-0.3, -0.25) is 4.79 Å². The Morgan fingerprint density at radius 3 is 2.84 bits per heavy atom. The SMILES string of the molecule is O=C([C@H]1Cc2cc(Cl)cc(-c3ccnc4[nH]ccc34)c2O1)N1CCC(c2cnc[nH]2)CC1. The first kappa shape index (κ1) is 19.4. The maximum absolute atomic E-state index is 13.3. The van der Waals surface area contributed by atoms with Crippen LogP contribution in [0.15, 0.2) is 49.2 Å². The summed E-state index contributed by atoms with van der Waals surface area (Å²) in [5.41, 5.74) is 4.81. The quantitative estimate of drug-likeness (QED) is 0.489. The summed E-state index contributed by atoms with van der Waals surface area (Å²) in [5, 5.41) is 1.63. The number of aromatic amines is 2. The molecule has 0 aliphatic carbocycles. The average molecular weight is 448 g/mol. The van der Waals surface area contributed by atoms with E-state index in [1.165, 1.54) is 0 Å². The van der Waals surface area contributed by atoms with Gasteiger partial charge in [-0.1, -0.05) is 11.6 Å². The number of carbonyl (C=O) groups excluding carboxylic acids is 1. The highest BCUT2D eigenvalue weighted by Crippen LogP contribution is 2.43. The first-order valence-electron chi connectivity index (χ1n) is 10.9. The second-order valence-corrected chi connectivity index (χ2v) is 8.89. The fourth-order valence-corrected chi connectivity index (χ4v) is 5.20. The van der Waals surface area contributed by atoms with Crippen LogP contribution in [0, 0.1) is 0 Å². The molecule has 0 radical (unpaired) electrons. The highest BCUT2D eigenvalue weighted by atomic mass is 35.5. The highest BCUT2D eigenvalue weighted by molar-refractivity contribution is 6.31.